The summed E-state index contributed by atoms with van der Waals surface area (Å²) in [4.78, 5) is 28.0. The Morgan fingerprint density at radius 2 is 1.42 bits per heavy atom. The number of nitrogens with zero attached hydrogens (tertiary/aromatic N) is 2. The van der Waals surface area contributed by atoms with Gasteiger partial charge in [-0.05, 0) is 42.5 Å². The minimum atomic E-state index is -1.06. The highest BCUT2D eigenvalue weighted by molar-refractivity contribution is 5.97. The van der Waals surface area contributed by atoms with E-state index in [0.717, 1.165) is 12.1 Å². The molecule has 1 aliphatic heterocycles. The van der Waals surface area contributed by atoms with Gasteiger partial charge in [0.25, 0.3) is 5.91 Å². The number of halogens is 3. The van der Waals surface area contributed by atoms with Crippen molar-refractivity contribution in [3.63, 3.8) is 0 Å². The number of ketones is 1. The lowest BCUT2D eigenvalue weighted by atomic mass is 10.1. The van der Waals surface area contributed by atoms with Gasteiger partial charge in [-0.2, -0.15) is 0 Å². The zero-order valence-corrected chi connectivity index (χ0v) is 13.9. The monoisotopic (exact) mass is 362 g/mol. The standard InChI is InChI=1S/C19H17F3N2O2/c20-15-4-1-13(2-5-15)18(25)12-23-7-9-24(10-8-23)19(26)14-3-6-16(21)17(22)11-14/h1-6,11H,7-10,12H2. The highest BCUT2D eigenvalue weighted by atomic mass is 19.2. The van der Waals surface area contributed by atoms with Crippen molar-refractivity contribution in [2.45, 2.75) is 0 Å². The average Bonchev–Trinajstić information content (AvgIpc) is 2.64. The highest BCUT2D eigenvalue weighted by Crippen LogP contribution is 2.13. The van der Waals surface area contributed by atoms with Gasteiger partial charge in [0.1, 0.15) is 5.82 Å². The molecule has 0 saturated carbocycles. The fourth-order valence-corrected chi connectivity index (χ4v) is 2.85. The van der Waals surface area contributed by atoms with Crippen molar-refractivity contribution in [2.75, 3.05) is 32.7 Å². The molecule has 0 atom stereocenters. The molecule has 26 heavy (non-hydrogen) atoms. The van der Waals surface area contributed by atoms with Crippen LogP contribution in [0.2, 0.25) is 0 Å². The third-order valence-corrected chi connectivity index (χ3v) is 4.36. The molecule has 2 aromatic rings. The second kappa shape index (κ2) is 7.70. The summed E-state index contributed by atoms with van der Waals surface area (Å²) in [5.41, 5.74) is 0.534. The summed E-state index contributed by atoms with van der Waals surface area (Å²) >= 11 is 0. The Hall–Kier alpha value is -2.67. The summed E-state index contributed by atoms with van der Waals surface area (Å²) in [6.45, 7) is 1.92. The van der Waals surface area contributed by atoms with Crippen LogP contribution < -0.4 is 0 Å². The third-order valence-electron chi connectivity index (χ3n) is 4.36. The fraction of sp³-hybridized carbons (Fsp3) is 0.263. The summed E-state index contributed by atoms with van der Waals surface area (Å²) in [6, 6.07) is 8.45. The highest BCUT2D eigenvalue weighted by Gasteiger charge is 2.24. The quantitative estimate of drug-likeness (QED) is 0.786. The maximum atomic E-state index is 13.3. The zero-order chi connectivity index (χ0) is 18.7. The number of piperazine rings is 1. The van der Waals surface area contributed by atoms with Gasteiger partial charge >= 0.3 is 0 Å². The molecule has 0 bridgehead atoms. The number of rotatable bonds is 4. The molecule has 0 radical (unpaired) electrons. The zero-order valence-electron chi connectivity index (χ0n) is 13.9. The van der Waals surface area contributed by atoms with Crippen LogP contribution in [0.5, 0.6) is 0 Å². The molecule has 1 heterocycles. The molecule has 0 aromatic heterocycles. The van der Waals surface area contributed by atoms with Crippen molar-refractivity contribution in [3.8, 4) is 0 Å². The lowest BCUT2D eigenvalue weighted by Crippen LogP contribution is -2.49. The number of carbonyl (C=O) groups is 2. The molecule has 136 valence electrons. The van der Waals surface area contributed by atoms with Gasteiger partial charge in [0.2, 0.25) is 0 Å². The Morgan fingerprint density at radius 1 is 0.808 bits per heavy atom. The first-order chi connectivity index (χ1) is 12.4. The molecule has 0 unspecified atom stereocenters. The third kappa shape index (κ3) is 4.11. The van der Waals surface area contributed by atoms with Gasteiger partial charge in [0.05, 0.1) is 6.54 Å². The maximum absolute atomic E-state index is 13.3. The van der Waals surface area contributed by atoms with Gasteiger partial charge < -0.3 is 4.90 Å². The van der Waals surface area contributed by atoms with E-state index in [4.69, 9.17) is 0 Å². The first-order valence-corrected chi connectivity index (χ1v) is 8.19. The van der Waals surface area contributed by atoms with Crippen molar-refractivity contribution < 1.29 is 22.8 Å². The van der Waals surface area contributed by atoms with Gasteiger partial charge in [-0.15, -0.1) is 0 Å². The molecular formula is C19H17F3N2O2. The maximum Gasteiger partial charge on any atom is 0.254 e. The molecule has 1 saturated heterocycles. The number of benzene rings is 2. The van der Waals surface area contributed by atoms with E-state index in [0.29, 0.717) is 31.7 Å². The van der Waals surface area contributed by atoms with Crippen molar-refractivity contribution in [1.82, 2.24) is 9.80 Å². The van der Waals surface area contributed by atoms with Crippen LogP contribution in [0.25, 0.3) is 0 Å². The summed E-state index contributed by atoms with van der Waals surface area (Å²) in [5.74, 6) is -2.94. The Bertz CT molecular complexity index is 816. The summed E-state index contributed by atoms with van der Waals surface area (Å²) < 4.78 is 39.2. The average molecular weight is 362 g/mol. The molecule has 1 fully saturated rings. The van der Waals surface area contributed by atoms with Crippen LogP contribution >= 0.6 is 0 Å². The van der Waals surface area contributed by atoms with Gasteiger partial charge in [-0.3, -0.25) is 14.5 Å². The van der Waals surface area contributed by atoms with E-state index in [-0.39, 0.29) is 23.8 Å². The molecule has 7 heteroatoms. The molecule has 4 nitrogen and oxygen atoms in total. The Balaban J connectivity index is 1.55. The minimum Gasteiger partial charge on any atom is -0.336 e. The van der Waals surface area contributed by atoms with Crippen molar-refractivity contribution in [1.29, 1.82) is 0 Å². The Labute approximate surface area is 148 Å². The fourth-order valence-electron chi connectivity index (χ4n) is 2.85. The summed E-state index contributed by atoms with van der Waals surface area (Å²) in [5, 5.41) is 0. The van der Waals surface area contributed by atoms with E-state index >= 15 is 0 Å². The smallest absolute Gasteiger partial charge is 0.254 e. The van der Waals surface area contributed by atoms with Crippen LogP contribution in [-0.4, -0.2) is 54.2 Å². The largest absolute Gasteiger partial charge is 0.336 e. The molecule has 1 amide bonds. The lowest BCUT2D eigenvalue weighted by Gasteiger charge is -2.34. The second-order valence-corrected chi connectivity index (χ2v) is 6.13. The number of carbonyl (C=O) groups excluding carboxylic acids is 2. The van der Waals surface area contributed by atoms with Crippen LogP contribution in [0.4, 0.5) is 13.2 Å². The summed E-state index contributed by atoms with van der Waals surface area (Å²) in [6.07, 6.45) is 0. The SMILES string of the molecule is O=C(CN1CCN(C(=O)c2ccc(F)c(F)c2)CC1)c1ccc(F)cc1. The molecular weight excluding hydrogens is 345 g/mol. The molecule has 0 N–H and O–H groups in total. The molecule has 2 aromatic carbocycles. The van der Waals surface area contributed by atoms with Crippen LogP contribution in [0, 0.1) is 17.5 Å². The predicted molar refractivity (Wildman–Crippen MR) is 89.4 cm³/mol. The van der Waals surface area contributed by atoms with E-state index in [1.165, 1.54) is 30.3 Å². The van der Waals surface area contributed by atoms with E-state index in [1.54, 1.807) is 4.90 Å². The van der Waals surface area contributed by atoms with Gasteiger partial charge in [-0.1, -0.05) is 0 Å². The van der Waals surface area contributed by atoms with E-state index in [1.807, 2.05) is 4.90 Å². The Kier molecular flexibility index (Phi) is 5.37. The summed E-state index contributed by atoms with van der Waals surface area (Å²) in [7, 11) is 0. The number of amides is 1. The van der Waals surface area contributed by atoms with Crippen molar-refractivity contribution in [3.05, 3.63) is 71.0 Å². The van der Waals surface area contributed by atoms with Crippen LogP contribution in [-0.2, 0) is 0 Å². The van der Waals surface area contributed by atoms with Crippen LogP contribution in [0.3, 0.4) is 0 Å². The predicted octanol–water partition coefficient (Wildman–Crippen LogP) is 2.74. The van der Waals surface area contributed by atoms with Crippen LogP contribution in [0.15, 0.2) is 42.5 Å². The van der Waals surface area contributed by atoms with Crippen molar-refractivity contribution in [2.24, 2.45) is 0 Å². The van der Waals surface area contributed by atoms with Gasteiger partial charge in [-0.25, -0.2) is 13.2 Å². The molecule has 3 rings (SSSR count). The number of hydrogen-bond acceptors (Lipinski definition) is 3. The van der Waals surface area contributed by atoms with E-state index in [2.05, 4.69) is 0 Å². The van der Waals surface area contributed by atoms with Crippen LogP contribution in [0.1, 0.15) is 20.7 Å². The first-order valence-electron chi connectivity index (χ1n) is 8.19. The van der Waals surface area contributed by atoms with Gasteiger partial charge in [0.15, 0.2) is 17.4 Å². The lowest BCUT2D eigenvalue weighted by molar-refractivity contribution is 0.0624. The number of hydrogen-bond donors (Lipinski definition) is 0. The Morgan fingerprint density at radius 3 is 2.04 bits per heavy atom. The molecule has 0 spiro atoms. The number of Topliss-reactive ketones (excluding diaryl/α,β-unsaturated/α-hetero) is 1. The van der Waals surface area contributed by atoms with E-state index < -0.39 is 17.5 Å². The topological polar surface area (TPSA) is 40.6 Å². The second-order valence-electron chi connectivity index (χ2n) is 6.13. The normalized spacial score (nSPS) is 15.1. The van der Waals surface area contributed by atoms with Gasteiger partial charge in [0, 0.05) is 37.3 Å². The van der Waals surface area contributed by atoms with Crippen molar-refractivity contribution >= 4 is 11.7 Å². The molecule has 0 aliphatic carbocycles. The van der Waals surface area contributed by atoms with E-state index in [9.17, 15) is 22.8 Å². The minimum absolute atomic E-state index is 0.0970. The molecule has 1 aliphatic rings. The first kappa shape index (κ1) is 18.1.